The fourth-order valence-electron chi connectivity index (χ4n) is 4.19. The molecule has 7 heteroatoms. The lowest BCUT2D eigenvalue weighted by molar-refractivity contribution is -0.122. The van der Waals surface area contributed by atoms with E-state index in [1.165, 1.54) is 0 Å². The van der Waals surface area contributed by atoms with E-state index in [0.29, 0.717) is 31.6 Å². The molecule has 1 aliphatic rings. The van der Waals surface area contributed by atoms with E-state index in [4.69, 9.17) is 15.2 Å². The Morgan fingerprint density at radius 3 is 1.83 bits per heavy atom. The van der Waals surface area contributed by atoms with Crippen LogP contribution in [0.2, 0.25) is 0 Å². The topological polar surface area (TPSA) is 98.9 Å². The van der Waals surface area contributed by atoms with Gasteiger partial charge in [-0.15, -0.1) is 0 Å². The Morgan fingerprint density at radius 1 is 0.743 bits per heavy atom. The number of amides is 1. The summed E-state index contributed by atoms with van der Waals surface area (Å²) < 4.78 is 11.1. The second-order valence-electron chi connectivity index (χ2n) is 8.49. The van der Waals surface area contributed by atoms with E-state index in [9.17, 15) is 14.4 Å². The van der Waals surface area contributed by atoms with Crippen LogP contribution in [0.5, 0.6) is 0 Å². The second-order valence-corrected chi connectivity index (χ2v) is 8.49. The molecule has 0 aromatic heterocycles. The number of benzene rings is 3. The molecular formula is C28H28N2O5. The fraction of sp³-hybridized carbons (Fsp3) is 0.250. The van der Waals surface area contributed by atoms with Crippen LogP contribution in [-0.4, -0.2) is 30.9 Å². The molecule has 7 nitrogen and oxygen atoms in total. The molecule has 0 bridgehead atoms. The molecule has 1 heterocycles. The monoisotopic (exact) mass is 472 g/mol. The lowest BCUT2D eigenvalue weighted by atomic mass is 9.94. The molecule has 35 heavy (non-hydrogen) atoms. The fourth-order valence-corrected chi connectivity index (χ4v) is 4.19. The number of primary amides is 1. The third kappa shape index (κ3) is 6.06. The molecule has 3 aromatic rings. The SMILES string of the molecule is NC(=O)C1CCN(c2cccc(C(=O)OCc3ccccc3)c2C(=O)OCc2ccccc2)CC1. The molecule has 2 N–H and O–H groups in total. The zero-order chi connectivity index (χ0) is 24.6. The zero-order valence-electron chi connectivity index (χ0n) is 19.4. The summed E-state index contributed by atoms with van der Waals surface area (Å²) in [5, 5.41) is 0. The van der Waals surface area contributed by atoms with Gasteiger partial charge >= 0.3 is 11.9 Å². The highest BCUT2D eigenvalue weighted by atomic mass is 16.5. The Kier molecular flexibility index (Phi) is 7.77. The Labute approximate surface area is 204 Å². The number of rotatable bonds is 8. The van der Waals surface area contributed by atoms with Crippen molar-refractivity contribution in [1.82, 2.24) is 0 Å². The van der Waals surface area contributed by atoms with Gasteiger partial charge in [-0.3, -0.25) is 4.79 Å². The van der Waals surface area contributed by atoms with E-state index in [1.807, 2.05) is 65.6 Å². The minimum Gasteiger partial charge on any atom is -0.457 e. The second kappa shape index (κ2) is 11.3. The Morgan fingerprint density at radius 2 is 1.29 bits per heavy atom. The maximum atomic E-state index is 13.3. The van der Waals surface area contributed by atoms with Gasteiger partial charge in [0, 0.05) is 19.0 Å². The first kappa shape index (κ1) is 24.0. The summed E-state index contributed by atoms with van der Waals surface area (Å²) in [6.45, 7) is 1.24. The molecule has 3 aromatic carbocycles. The van der Waals surface area contributed by atoms with Gasteiger partial charge in [-0.2, -0.15) is 0 Å². The molecule has 0 radical (unpaired) electrons. The Bertz CT molecular complexity index is 1170. The molecular weight excluding hydrogens is 444 g/mol. The van der Waals surface area contributed by atoms with Crippen LogP contribution < -0.4 is 10.6 Å². The number of carbonyl (C=O) groups is 3. The molecule has 0 spiro atoms. The zero-order valence-corrected chi connectivity index (χ0v) is 19.4. The van der Waals surface area contributed by atoms with E-state index < -0.39 is 11.9 Å². The lowest BCUT2D eigenvalue weighted by Crippen LogP contribution is -2.39. The minimum atomic E-state index is -0.604. The number of carbonyl (C=O) groups excluding carboxylic acids is 3. The van der Waals surface area contributed by atoms with Crippen molar-refractivity contribution < 1.29 is 23.9 Å². The predicted octanol–water partition coefficient (Wildman–Crippen LogP) is 4.10. The first-order valence-electron chi connectivity index (χ1n) is 11.6. The largest absolute Gasteiger partial charge is 0.457 e. The van der Waals surface area contributed by atoms with E-state index in [-0.39, 0.29) is 36.2 Å². The van der Waals surface area contributed by atoms with Crippen molar-refractivity contribution >= 4 is 23.5 Å². The van der Waals surface area contributed by atoms with Crippen LogP contribution in [0.4, 0.5) is 5.69 Å². The van der Waals surface area contributed by atoms with Gasteiger partial charge < -0.3 is 20.1 Å². The maximum absolute atomic E-state index is 13.3. The van der Waals surface area contributed by atoms with Gasteiger partial charge in [0.25, 0.3) is 0 Å². The summed E-state index contributed by atoms with van der Waals surface area (Å²) in [6, 6.07) is 23.8. The number of nitrogens with two attached hydrogens (primary N) is 1. The van der Waals surface area contributed by atoms with Crippen LogP contribution in [0.25, 0.3) is 0 Å². The maximum Gasteiger partial charge on any atom is 0.341 e. The minimum absolute atomic E-state index is 0.0796. The van der Waals surface area contributed by atoms with Gasteiger partial charge in [-0.05, 0) is 36.1 Å². The van der Waals surface area contributed by atoms with E-state index in [1.54, 1.807) is 18.2 Å². The van der Waals surface area contributed by atoms with Crippen LogP contribution >= 0.6 is 0 Å². The number of hydrogen-bond donors (Lipinski definition) is 1. The van der Waals surface area contributed by atoms with Crippen molar-refractivity contribution in [3.63, 3.8) is 0 Å². The predicted molar refractivity (Wildman–Crippen MR) is 132 cm³/mol. The summed E-state index contributed by atoms with van der Waals surface area (Å²) in [4.78, 5) is 40.0. The molecule has 0 saturated carbocycles. The van der Waals surface area contributed by atoms with Gasteiger partial charge in [-0.1, -0.05) is 66.7 Å². The highest BCUT2D eigenvalue weighted by molar-refractivity contribution is 6.07. The number of anilines is 1. The Balaban J connectivity index is 1.59. The van der Waals surface area contributed by atoms with Gasteiger partial charge in [-0.25, -0.2) is 9.59 Å². The van der Waals surface area contributed by atoms with Crippen LogP contribution in [0, 0.1) is 5.92 Å². The van der Waals surface area contributed by atoms with Crippen molar-refractivity contribution in [2.45, 2.75) is 26.1 Å². The van der Waals surface area contributed by atoms with E-state index >= 15 is 0 Å². The molecule has 1 saturated heterocycles. The highest BCUT2D eigenvalue weighted by Gasteiger charge is 2.29. The van der Waals surface area contributed by atoms with Gasteiger partial charge in [0.1, 0.15) is 13.2 Å². The van der Waals surface area contributed by atoms with Crippen LogP contribution in [-0.2, 0) is 27.5 Å². The lowest BCUT2D eigenvalue weighted by Gasteiger charge is -2.33. The number of nitrogens with zero attached hydrogens (tertiary/aromatic N) is 1. The molecule has 1 amide bonds. The normalized spacial score (nSPS) is 13.8. The first-order chi connectivity index (χ1) is 17.0. The summed E-state index contributed by atoms with van der Waals surface area (Å²) in [5.74, 6) is -1.72. The summed E-state index contributed by atoms with van der Waals surface area (Å²) >= 11 is 0. The van der Waals surface area contributed by atoms with Gasteiger partial charge in [0.15, 0.2) is 0 Å². The van der Waals surface area contributed by atoms with Crippen molar-refractivity contribution in [1.29, 1.82) is 0 Å². The first-order valence-corrected chi connectivity index (χ1v) is 11.6. The summed E-state index contributed by atoms with van der Waals surface area (Å²) in [5.41, 5.74) is 8.06. The molecule has 1 aliphatic heterocycles. The standard InChI is InChI=1S/C28H28N2O5/c29-26(31)22-14-16-30(17-15-22)24-13-7-12-23(27(32)34-18-20-8-3-1-4-9-20)25(24)28(33)35-19-21-10-5-2-6-11-21/h1-13,22H,14-19H2,(H2,29,31). The number of ether oxygens (including phenoxy) is 2. The molecule has 1 fully saturated rings. The quantitative estimate of drug-likeness (QED) is 0.496. The molecule has 180 valence electrons. The third-order valence-electron chi connectivity index (χ3n) is 6.13. The number of esters is 2. The third-order valence-corrected chi connectivity index (χ3v) is 6.13. The van der Waals surface area contributed by atoms with Crippen molar-refractivity contribution in [3.05, 3.63) is 101 Å². The highest BCUT2D eigenvalue weighted by Crippen LogP contribution is 2.30. The van der Waals surface area contributed by atoms with Crippen LogP contribution in [0.3, 0.4) is 0 Å². The average molecular weight is 473 g/mol. The molecule has 0 unspecified atom stereocenters. The summed E-state index contributed by atoms with van der Waals surface area (Å²) in [6.07, 6.45) is 1.16. The average Bonchev–Trinajstić information content (AvgIpc) is 2.91. The number of piperidine rings is 1. The van der Waals surface area contributed by atoms with E-state index in [0.717, 1.165) is 11.1 Å². The number of hydrogen-bond acceptors (Lipinski definition) is 6. The smallest absolute Gasteiger partial charge is 0.341 e. The summed E-state index contributed by atoms with van der Waals surface area (Å²) in [7, 11) is 0. The van der Waals surface area contributed by atoms with Crippen molar-refractivity contribution in [2.75, 3.05) is 18.0 Å². The van der Waals surface area contributed by atoms with Crippen LogP contribution in [0.15, 0.2) is 78.9 Å². The molecule has 4 rings (SSSR count). The van der Waals surface area contributed by atoms with Crippen LogP contribution in [0.1, 0.15) is 44.7 Å². The Hall–Kier alpha value is -4.13. The van der Waals surface area contributed by atoms with Gasteiger partial charge in [0.2, 0.25) is 5.91 Å². The van der Waals surface area contributed by atoms with Gasteiger partial charge in [0.05, 0.1) is 16.8 Å². The van der Waals surface area contributed by atoms with Crippen molar-refractivity contribution in [2.24, 2.45) is 11.7 Å². The van der Waals surface area contributed by atoms with Crippen molar-refractivity contribution in [3.8, 4) is 0 Å². The molecule has 0 aliphatic carbocycles. The molecule has 0 atom stereocenters. The van der Waals surface area contributed by atoms with E-state index in [2.05, 4.69) is 0 Å².